The largest absolute Gasteiger partial charge is 0.462 e. The van der Waals surface area contributed by atoms with Crippen molar-refractivity contribution in [2.45, 2.75) is 19.8 Å². The van der Waals surface area contributed by atoms with Gasteiger partial charge in [0.05, 0.1) is 12.9 Å². The Morgan fingerprint density at radius 2 is 2.00 bits per heavy atom. The Labute approximate surface area is 177 Å². The molecule has 3 heterocycles. The van der Waals surface area contributed by atoms with Crippen molar-refractivity contribution in [3.05, 3.63) is 53.3 Å². The average molecular weight is 426 g/mol. The molecule has 1 saturated heterocycles. The number of thiophene rings is 1. The minimum atomic E-state index is -0.333. The first-order valence-electron chi connectivity index (χ1n) is 9.89. The third-order valence-corrected chi connectivity index (χ3v) is 6.24. The summed E-state index contributed by atoms with van der Waals surface area (Å²) in [6, 6.07) is 10.7. The average Bonchev–Trinajstić information content (AvgIpc) is 3.43. The summed E-state index contributed by atoms with van der Waals surface area (Å²) in [6.07, 6.45) is 2.69. The van der Waals surface area contributed by atoms with Gasteiger partial charge in [-0.05, 0) is 61.5 Å². The van der Waals surface area contributed by atoms with Crippen molar-refractivity contribution in [2.75, 3.05) is 25.0 Å². The van der Waals surface area contributed by atoms with Gasteiger partial charge in [0.1, 0.15) is 4.88 Å². The first kappa shape index (κ1) is 20.2. The molecular weight excluding hydrogens is 404 g/mol. The maximum Gasteiger partial charge on any atom is 0.348 e. The van der Waals surface area contributed by atoms with Crippen molar-refractivity contribution in [3.63, 3.8) is 0 Å². The van der Waals surface area contributed by atoms with Crippen LogP contribution in [0.2, 0.25) is 0 Å². The number of anilines is 1. The van der Waals surface area contributed by atoms with E-state index in [0.29, 0.717) is 48.9 Å². The summed E-state index contributed by atoms with van der Waals surface area (Å²) >= 11 is 1.37. The van der Waals surface area contributed by atoms with Gasteiger partial charge < -0.3 is 19.4 Å². The monoisotopic (exact) mass is 426 g/mol. The first-order chi connectivity index (χ1) is 14.5. The standard InChI is InChI=1S/C22H22N2O5S/c1-2-28-22(27)19-13-15-12-16(5-6-18(15)30-19)23-20(25)14-7-9-24(10-8-14)21(26)17-4-3-11-29-17/h3-6,11-14H,2,7-10H2,1H3,(H,23,25). The lowest BCUT2D eigenvalue weighted by Crippen LogP contribution is -2.41. The fourth-order valence-electron chi connectivity index (χ4n) is 3.57. The normalized spacial score (nSPS) is 14.6. The van der Waals surface area contributed by atoms with Crippen LogP contribution in [0.3, 0.4) is 0 Å². The number of likely N-dealkylation sites (tertiary alicyclic amines) is 1. The number of amides is 2. The Balaban J connectivity index is 1.36. The van der Waals surface area contributed by atoms with Crippen LogP contribution in [0.5, 0.6) is 0 Å². The third kappa shape index (κ3) is 4.23. The quantitative estimate of drug-likeness (QED) is 0.619. The van der Waals surface area contributed by atoms with Crippen LogP contribution in [0, 0.1) is 5.92 Å². The van der Waals surface area contributed by atoms with Crippen molar-refractivity contribution >= 4 is 44.9 Å². The number of benzene rings is 1. The predicted octanol–water partition coefficient (Wildman–Crippen LogP) is 4.16. The first-order valence-corrected chi connectivity index (χ1v) is 10.7. The molecular formula is C22H22N2O5S. The lowest BCUT2D eigenvalue weighted by atomic mass is 9.95. The summed E-state index contributed by atoms with van der Waals surface area (Å²) in [5, 5.41) is 3.86. The maximum absolute atomic E-state index is 12.7. The van der Waals surface area contributed by atoms with E-state index in [2.05, 4.69) is 5.32 Å². The van der Waals surface area contributed by atoms with Crippen LogP contribution >= 0.6 is 11.3 Å². The van der Waals surface area contributed by atoms with Gasteiger partial charge in [0.25, 0.3) is 5.91 Å². The summed E-state index contributed by atoms with van der Waals surface area (Å²) in [5.74, 6) is -0.359. The fourth-order valence-corrected chi connectivity index (χ4v) is 4.51. The fraction of sp³-hybridized carbons (Fsp3) is 0.318. The molecule has 156 valence electrons. The summed E-state index contributed by atoms with van der Waals surface area (Å²) in [7, 11) is 0. The SMILES string of the molecule is CCOC(=O)c1cc2cc(NC(=O)C3CCN(C(=O)c4ccco4)CC3)ccc2s1. The summed E-state index contributed by atoms with van der Waals surface area (Å²) in [6.45, 7) is 3.14. The lowest BCUT2D eigenvalue weighted by molar-refractivity contribution is -0.121. The number of ether oxygens (including phenoxy) is 1. The Bertz CT molecular complexity index is 1060. The molecule has 1 aliphatic heterocycles. The van der Waals surface area contributed by atoms with Crippen molar-refractivity contribution < 1.29 is 23.5 Å². The number of carbonyl (C=O) groups is 3. The molecule has 8 heteroatoms. The molecule has 1 aliphatic rings. The topological polar surface area (TPSA) is 88.9 Å². The van der Waals surface area contributed by atoms with E-state index < -0.39 is 0 Å². The molecule has 0 aliphatic carbocycles. The molecule has 0 bridgehead atoms. The highest BCUT2D eigenvalue weighted by atomic mass is 32.1. The number of furan rings is 1. The Morgan fingerprint density at radius 3 is 2.70 bits per heavy atom. The van der Waals surface area contributed by atoms with Gasteiger partial charge in [0, 0.05) is 29.4 Å². The van der Waals surface area contributed by atoms with Crippen LogP contribution < -0.4 is 5.32 Å². The Kier molecular flexibility index (Phi) is 5.85. The van der Waals surface area contributed by atoms with Gasteiger partial charge in [-0.25, -0.2) is 4.79 Å². The minimum absolute atomic E-state index is 0.0553. The third-order valence-electron chi connectivity index (χ3n) is 5.15. The molecule has 1 N–H and O–H groups in total. The molecule has 0 spiro atoms. The van der Waals surface area contributed by atoms with Gasteiger partial charge in [0.15, 0.2) is 5.76 Å². The van der Waals surface area contributed by atoms with E-state index >= 15 is 0 Å². The highest BCUT2D eigenvalue weighted by Gasteiger charge is 2.28. The van der Waals surface area contributed by atoms with Crippen molar-refractivity contribution in [1.82, 2.24) is 4.90 Å². The van der Waals surface area contributed by atoms with Crippen LogP contribution in [0.4, 0.5) is 5.69 Å². The molecule has 3 aromatic rings. The highest BCUT2D eigenvalue weighted by Crippen LogP contribution is 2.29. The number of carbonyl (C=O) groups excluding carboxylic acids is 3. The molecule has 2 aromatic heterocycles. The highest BCUT2D eigenvalue weighted by molar-refractivity contribution is 7.20. The summed E-state index contributed by atoms with van der Waals surface area (Å²) in [4.78, 5) is 39.2. The second-order valence-corrected chi connectivity index (χ2v) is 8.20. The molecule has 30 heavy (non-hydrogen) atoms. The zero-order chi connectivity index (χ0) is 21.1. The van der Waals surface area contributed by atoms with Gasteiger partial charge in [0.2, 0.25) is 5.91 Å². The van der Waals surface area contributed by atoms with Crippen LogP contribution in [-0.2, 0) is 9.53 Å². The van der Waals surface area contributed by atoms with E-state index in [1.165, 1.54) is 17.6 Å². The van der Waals surface area contributed by atoms with Crippen molar-refractivity contribution in [2.24, 2.45) is 5.92 Å². The van der Waals surface area contributed by atoms with Crippen LogP contribution in [0.1, 0.15) is 40.0 Å². The number of rotatable bonds is 5. The molecule has 0 unspecified atom stereocenters. The van der Waals surface area contributed by atoms with Crippen LogP contribution in [0.25, 0.3) is 10.1 Å². The summed E-state index contributed by atoms with van der Waals surface area (Å²) in [5.41, 5.74) is 0.690. The van der Waals surface area contributed by atoms with E-state index in [-0.39, 0.29) is 23.7 Å². The van der Waals surface area contributed by atoms with Crippen molar-refractivity contribution in [3.8, 4) is 0 Å². The molecule has 1 aromatic carbocycles. The lowest BCUT2D eigenvalue weighted by Gasteiger charge is -2.30. The van der Waals surface area contributed by atoms with Gasteiger partial charge in [-0.15, -0.1) is 11.3 Å². The van der Waals surface area contributed by atoms with Gasteiger partial charge >= 0.3 is 5.97 Å². The second-order valence-electron chi connectivity index (χ2n) is 7.12. The number of hydrogen-bond acceptors (Lipinski definition) is 6. The molecule has 1 fully saturated rings. The number of nitrogens with zero attached hydrogens (tertiary/aromatic N) is 1. The van der Waals surface area contributed by atoms with E-state index in [4.69, 9.17) is 9.15 Å². The van der Waals surface area contributed by atoms with Crippen LogP contribution in [0.15, 0.2) is 47.1 Å². The smallest absolute Gasteiger partial charge is 0.348 e. The predicted molar refractivity (Wildman–Crippen MR) is 114 cm³/mol. The van der Waals surface area contributed by atoms with E-state index in [1.807, 2.05) is 18.2 Å². The Morgan fingerprint density at radius 1 is 1.20 bits per heavy atom. The van der Waals surface area contributed by atoms with Gasteiger partial charge in [-0.1, -0.05) is 0 Å². The maximum atomic E-state index is 12.7. The second kappa shape index (κ2) is 8.71. The zero-order valence-electron chi connectivity index (χ0n) is 16.6. The van der Waals surface area contributed by atoms with Gasteiger partial charge in [-0.2, -0.15) is 0 Å². The summed E-state index contributed by atoms with van der Waals surface area (Å²) < 4.78 is 11.2. The molecule has 0 atom stereocenters. The molecule has 4 rings (SSSR count). The van der Waals surface area contributed by atoms with E-state index in [0.717, 1.165) is 10.1 Å². The number of piperidine rings is 1. The van der Waals surface area contributed by atoms with Crippen LogP contribution in [-0.4, -0.2) is 42.4 Å². The zero-order valence-corrected chi connectivity index (χ0v) is 17.4. The number of esters is 1. The van der Waals surface area contributed by atoms with Gasteiger partial charge in [-0.3, -0.25) is 9.59 Å². The minimum Gasteiger partial charge on any atom is -0.462 e. The van der Waals surface area contributed by atoms with E-state index in [1.54, 1.807) is 30.0 Å². The van der Waals surface area contributed by atoms with Crippen molar-refractivity contribution in [1.29, 1.82) is 0 Å². The Hall–Kier alpha value is -3.13. The molecule has 0 radical (unpaired) electrons. The molecule has 2 amide bonds. The van der Waals surface area contributed by atoms with E-state index in [9.17, 15) is 14.4 Å². The number of nitrogens with one attached hydrogen (secondary N) is 1. The molecule has 7 nitrogen and oxygen atoms in total. The number of hydrogen-bond donors (Lipinski definition) is 1. The number of fused-ring (bicyclic) bond motifs is 1. The molecule has 0 saturated carbocycles.